The largest absolute Gasteiger partial charge is 0.444 e. The Morgan fingerprint density at radius 1 is 1.43 bits per heavy atom. The lowest BCUT2D eigenvalue weighted by Gasteiger charge is -2.27. The Morgan fingerprint density at radius 2 is 2.10 bits per heavy atom. The molecule has 0 aromatic heterocycles. The number of hydrogen-bond acceptors (Lipinski definition) is 3. The highest BCUT2D eigenvalue weighted by Gasteiger charge is 2.22. The first-order valence-corrected chi connectivity index (χ1v) is 7.55. The molecule has 21 heavy (non-hydrogen) atoms. The Hall–Kier alpha value is -1.14. The first kappa shape index (κ1) is 17.9. The van der Waals surface area contributed by atoms with Crippen molar-refractivity contribution in [3.05, 3.63) is 34.1 Å². The number of carbonyl (C=O) groups is 1. The number of benzene rings is 1. The molecule has 1 amide bonds. The standard InChI is InChI=1S/C15H21BrFNO3/c1-15(2,3)21-14(20)18(7-4-8-19)10-11-9-12(17)5-6-13(11)16/h5-6,9,19H,4,7-8,10H2,1-3H3. The molecule has 6 heteroatoms. The third-order valence-electron chi connectivity index (χ3n) is 2.61. The second-order valence-electron chi connectivity index (χ2n) is 5.71. The van der Waals surface area contributed by atoms with Crippen LogP contribution in [0, 0.1) is 5.82 Å². The lowest BCUT2D eigenvalue weighted by atomic mass is 10.2. The summed E-state index contributed by atoms with van der Waals surface area (Å²) in [7, 11) is 0. The van der Waals surface area contributed by atoms with Crippen LogP contribution in [-0.2, 0) is 11.3 Å². The minimum Gasteiger partial charge on any atom is -0.444 e. The van der Waals surface area contributed by atoms with Gasteiger partial charge in [0, 0.05) is 17.6 Å². The zero-order valence-electron chi connectivity index (χ0n) is 12.5. The molecule has 0 heterocycles. The summed E-state index contributed by atoms with van der Waals surface area (Å²) in [5.41, 5.74) is 0.0482. The van der Waals surface area contributed by atoms with Crippen molar-refractivity contribution < 1.29 is 19.0 Å². The molecule has 0 saturated heterocycles. The van der Waals surface area contributed by atoms with E-state index >= 15 is 0 Å². The highest BCUT2D eigenvalue weighted by Crippen LogP contribution is 2.21. The van der Waals surface area contributed by atoms with Gasteiger partial charge in [-0.3, -0.25) is 0 Å². The highest BCUT2D eigenvalue weighted by atomic mass is 79.9. The van der Waals surface area contributed by atoms with Crippen molar-refractivity contribution in [3.63, 3.8) is 0 Å². The van der Waals surface area contributed by atoms with Gasteiger partial charge in [-0.25, -0.2) is 9.18 Å². The van der Waals surface area contributed by atoms with E-state index < -0.39 is 11.7 Å². The van der Waals surface area contributed by atoms with Crippen LogP contribution < -0.4 is 0 Å². The SMILES string of the molecule is CC(C)(C)OC(=O)N(CCCO)Cc1cc(F)ccc1Br. The number of aliphatic hydroxyl groups is 1. The molecule has 1 aromatic carbocycles. The van der Waals surface area contributed by atoms with Crippen LogP contribution in [-0.4, -0.2) is 34.9 Å². The van der Waals surface area contributed by atoms with Crippen LogP contribution >= 0.6 is 15.9 Å². The number of nitrogens with zero attached hydrogens (tertiary/aromatic N) is 1. The fourth-order valence-corrected chi connectivity index (χ4v) is 2.07. The summed E-state index contributed by atoms with van der Waals surface area (Å²) >= 11 is 3.34. The lowest BCUT2D eigenvalue weighted by molar-refractivity contribution is 0.0223. The third kappa shape index (κ3) is 6.44. The van der Waals surface area contributed by atoms with Gasteiger partial charge in [-0.2, -0.15) is 0 Å². The summed E-state index contributed by atoms with van der Waals surface area (Å²) in [6.45, 7) is 5.89. The lowest BCUT2D eigenvalue weighted by Crippen LogP contribution is -2.37. The number of hydrogen-bond donors (Lipinski definition) is 1. The average molecular weight is 362 g/mol. The van der Waals surface area contributed by atoms with Gasteiger partial charge in [0.1, 0.15) is 11.4 Å². The molecule has 0 unspecified atom stereocenters. The van der Waals surface area contributed by atoms with Crippen LogP contribution in [0.5, 0.6) is 0 Å². The fraction of sp³-hybridized carbons (Fsp3) is 0.533. The summed E-state index contributed by atoms with van der Waals surface area (Å²) in [6.07, 6.45) is -0.0428. The minimum absolute atomic E-state index is 0.0242. The maximum Gasteiger partial charge on any atom is 0.410 e. The van der Waals surface area contributed by atoms with Crippen molar-refractivity contribution in [1.82, 2.24) is 4.90 Å². The van der Waals surface area contributed by atoms with Crippen molar-refractivity contribution in [2.45, 2.75) is 39.3 Å². The smallest absolute Gasteiger partial charge is 0.410 e. The first-order chi connectivity index (χ1) is 9.73. The van der Waals surface area contributed by atoms with Crippen molar-refractivity contribution in [2.75, 3.05) is 13.2 Å². The van der Waals surface area contributed by atoms with Gasteiger partial charge in [-0.05, 0) is 51.0 Å². The maximum absolute atomic E-state index is 13.3. The molecule has 0 spiro atoms. The van der Waals surface area contributed by atoms with Gasteiger partial charge in [0.25, 0.3) is 0 Å². The second-order valence-corrected chi connectivity index (χ2v) is 6.57. The van der Waals surface area contributed by atoms with E-state index in [1.54, 1.807) is 26.8 Å². The monoisotopic (exact) mass is 361 g/mol. The summed E-state index contributed by atoms with van der Waals surface area (Å²) in [5.74, 6) is -0.362. The van der Waals surface area contributed by atoms with Gasteiger partial charge >= 0.3 is 6.09 Å². The van der Waals surface area contributed by atoms with E-state index in [0.29, 0.717) is 18.5 Å². The molecular formula is C15H21BrFNO3. The summed E-state index contributed by atoms with van der Waals surface area (Å²) in [4.78, 5) is 13.6. The predicted molar refractivity (Wildman–Crippen MR) is 82.4 cm³/mol. The number of carbonyl (C=O) groups excluding carboxylic acids is 1. The van der Waals surface area contributed by atoms with E-state index in [0.717, 1.165) is 4.47 Å². The summed E-state index contributed by atoms with van der Waals surface area (Å²) < 4.78 is 19.4. The molecule has 4 nitrogen and oxygen atoms in total. The van der Waals surface area contributed by atoms with E-state index in [-0.39, 0.29) is 19.0 Å². The van der Waals surface area contributed by atoms with Gasteiger partial charge in [0.2, 0.25) is 0 Å². The number of aliphatic hydroxyl groups excluding tert-OH is 1. The van der Waals surface area contributed by atoms with Crippen LogP contribution in [0.3, 0.4) is 0 Å². The summed E-state index contributed by atoms with van der Waals surface area (Å²) in [5, 5.41) is 8.95. The molecule has 0 atom stereocenters. The van der Waals surface area contributed by atoms with Gasteiger partial charge < -0.3 is 14.7 Å². The van der Waals surface area contributed by atoms with E-state index in [9.17, 15) is 9.18 Å². The minimum atomic E-state index is -0.603. The molecule has 0 fully saturated rings. The van der Waals surface area contributed by atoms with Crippen LogP contribution in [0.25, 0.3) is 0 Å². The second kappa shape index (κ2) is 7.75. The number of rotatable bonds is 5. The normalized spacial score (nSPS) is 11.3. The Morgan fingerprint density at radius 3 is 2.67 bits per heavy atom. The van der Waals surface area contributed by atoms with Gasteiger partial charge in [-0.1, -0.05) is 15.9 Å². The van der Waals surface area contributed by atoms with Crippen LogP contribution in [0.1, 0.15) is 32.8 Å². The molecule has 118 valence electrons. The molecule has 0 aliphatic carbocycles. The molecule has 0 aliphatic rings. The molecule has 1 aromatic rings. The third-order valence-corrected chi connectivity index (χ3v) is 3.38. The van der Waals surface area contributed by atoms with Gasteiger partial charge in [-0.15, -0.1) is 0 Å². The highest BCUT2D eigenvalue weighted by molar-refractivity contribution is 9.10. The quantitative estimate of drug-likeness (QED) is 0.869. The van der Waals surface area contributed by atoms with Crippen LogP contribution in [0.15, 0.2) is 22.7 Å². The molecule has 1 N–H and O–H groups in total. The van der Waals surface area contributed by atoms with E-state index in [1.807, 2.05) is 0 Å². The van der Waals surface area contributed by atoms with Crippen LogP contribution in [0.4, 0.5) is 9.18 Å². The number of amides is 1. The molecule has 0 bridgehead atoms. The average Bonchev–Trinajstić information content (AvgIpc) is 2.36. The first-order valence-electron chi connectivity index (χ1n) is 6.75. The summed E-state index contributed by atoms with van der Waals surface area (Å²) in [6, 6.07) is 4.32. The molecule has 0 saturated carbocycles. The van der Waals surface area contributed by atoms with Gasteiger partial charge in [0.15, 0.2) is 0 Å². The zero-order chi connectivity index (χ0) is 16.0. The van der Waals surface area contributed by atoms with E-state index in [4.69, 9.17) is 9.84 Å². The van der Waals surface area contributed by atoms with Crippen molar-refractivity contribution in [1.29, 1.82) is 0 Å². The van der Waals surface area contributed by atoms with Crippen molar-refractivity contribution in [2.24, 2.45) is 0 Å². The van der Waals surface area contributed by atoms with Crippen molar-refractivity contribution in [3.8, 4) is 0 Å². The van der Waals surface area contributed by atoms with Crippen molar-refractivity contribution >= 4 is 22.0 Å². The van der Waals surface area contributed by atoms with E-state index in [1.165, 1.54) is 17.0 Å². The Kier molecular flexibility index (Phi) is 6.61. The molecular weight excluding hydrogens is 341 g/mol. The zero-order valence-corrected chi connectivity index (χ0v) is 14.1. The maximum atomic E-state index is 13.3. The van der Waals surface area contributed by atoms with Gasteiger partial charge in [0.05, 0.1) is 6.54 Å². The Labute approximate surface area is 133 Å². The van der Waals surface area contributed by atoms with Crippen LogP contribution in [0.2, 0.25) is 0 Å². The molecule has 0 aliphatic heterocycles. The fourth-order valence-electron chi connectivity index (χ4n) is 1.69. The molecule has 0 radical (unpaired) electrons. The predicted octanol–water partition coefficient (Wildman–Crippen LogP) is 3.71. The Bertz CT molecular complexity index is 488. The topological polar surface area (TPSA) is 49.8 Å². The number of ether oxygens (including phenoxy) is 1. The van der Waals surface area contributed by atoms with E-state index in [2.05, 4.69) is 15.9 Å². The Balaban J connectivity index is 2.87. The number of halogens is 2. The molecule has 1 rings (SSSR count).